The molecule has 0 amide bonds. The molecule has 1 aromatic carbocycles. The molecule has 0 radical (unpaired) electrons. The van der Waals surface area contributed by atoms with E-state index in [4.69, 9.17) is 10.2 Å². The quantitative estimate of drug-likeness (QED) is 0.799. The van der Waals surface area contributed by atoms with Crippen molar-refractivity contribution in [3.05, 3.63) is 28.2 Å². The van der Waals surface area contributed by atoms with Gasteiger partial charge in [0.15, 0.2) is 0 Å². The zero-order valence-electron chi connectivity index (χ0n) is 8.63. The molecule has 1 aromatic rings. The fraction of sp³-hybridized carbons (Fsp3) is 0.400. The normalized spacial score (nSPS) is 13.5. The van der Waals surface area contributed by atoms with Crippen LogP contribution in [0.1, 0.15) is 5.56 Å². The van der Waals surface area contributed by atoms with Crippen molar-refractivity contribution in [2.24, 2.45) is 0 Å². The number of anilines is 1. The van der Waals surface area contributed by atoms with E-state index >= 15 is 0 Å². The van der Waals surface area contributed by atoms with Crippen LogP contribution in [0.15, 0.2) is 22.7 Å². The van der Waals surface area contributed by atoms with E-state index in [2.05, 4.69) is 21.2 Å². The van der Waals surface area contributed by atoms with Crippen molar-refractivity contribution in [3.8, 4) is 0 Å². The molecule has 3 nitrogen and oxygen atoms in total. The first-order chi connectivity index (χ1) is 7.82. The van der Waals surface area contributed by atoms with Gasteiger partial charge in [0.05, 0.1) is 18.3 Å². The fourth-order valence-electron chi connectivity index (χ4n) is 1.16. The van der Waals surface area contributed by atoms with E-state index in [1.807, 2.05) is 0 Å². The van der Waals surface area contributed by atoms with Crippen LogP contribution in [0.2, 0.25) is 0 Å². The highest BCUT2D eigenvalue weighted by Crippen LogP contribution is 2.33. The minimum Gasteiger partial charge on any atom is -0.394 e. The van der Waals surface area contributed by atoms with Gasteiger partial charge in [-0.3, -0.25) is 0 Å². The molecule has 0 aliphatic carbocycles. The van der Waals surface area contributed by atoms with Gasteiger partial charge in [-0.1, -0.05) is 15.9 Å². The van der Waals surface area contributed by atoms with E-state index in [1.54, 1.807) is 0 Å². The lowest BCUT2D eigenvalue weighted by Gasteiger charge is -2.13. The van der Waals surface area contributed by atoms with Crippen LogP contribution >= 0.6 is 15.9 Å². The van der Waals surface area contributed by atoms with E-state index in [9.17, 15) is 13.2 Å². The van der Waals surface area contributed by atoms with Gasteiger partial charge in [0.1, 0.15) is 0 Å². The van der Waals surface area contributed by atoms with Crippen molar-refractivity contribution in [3.63, 3.8) is 0 Å². The van der Waals surface area contributed by atoms with E-state index in [-0.39, 0.29) is 16.7 Å². The number of hydrogen-bond acceptors (Lipinski definition) is 3. The molecular formula is C10H11BrF3NO2. The molecule has 7 heteroatoms. The Morgan fingerprint density at radius 1 is 1.29 bits per heavy atom. The summed E-state index contributed by atoms with van der Waals surface area (Å²) in [5.74, 6) is 0. The van der Waals surface area contributed by atoms with Crippen molar-refractivity contribution < 1.29 is 23.4 Å². The van der Waals surface area contributed by atoms with Crippen LogP contribution in [0.3, 0.4) is 0 Å². The standard InChI is InChI=1S/C10H11BrF3NO2/c11-7-1-6(10(12,13)14)2-8(3-7)15-4-9(17)5-16/h1-3,9,15-17H,4-5H2/t9-/m0/s1. The maximum Gasteiger partial charge on any atom is 0.416 e. The monoisotopic (exact) mass is 313 g/mol. The molecule has 0 bridgehead atoms. The van der Waals surface area contributed by atoms with Crippen LogP contribution in [0, 0.1) is 0 Å². The number of aliphatic hydroxyl groups is 2. The number of alkyl halides is 3. The molecule has 0 aliphatic heterocycles. The molecule has 96 valence electrons. The Morgan fingerprint density at radius 3 is 2.47 bits per heavy atom. The van der Waals surface area contributed by atoms with E-state index in [1.165, 1.54) is 6.07 Å². The van der Waals surface area contributed by atoms with E-state index in [0.717, 1.165) is 12.1 Å². The van der Waals surface area contributed by atoms with Gasteiger partial charge in [0.25, 0.3) is 0 Å². The van der Waals surface area contributed by atoms with Crippen molar-refractivity contribution in [2.75, 3.05) is 18.5 Å². The van der Waals surface area contributed by atoms with Crippen LogP contribution in [0.25, 0.3) is 0 Å². The Balaban J connectivity index is 2.83. The lowest BCUT2D eigenvalue weighted by Crippen LogP contribution is -2.23. The molecule has 0 unspecified atom stereocenters. The number of nitrogens with one attached hydrogen (secondary N) is 1. The predicted octanol–water partition coefficient (Wildman–Crippen LogP) is 2.23. The summed E-state index contributed by atoms with van der Waals surface area (Å²) >= 11 is 2.98. The second-order valence-electron chi connectivity index (χ2n) is 3.44. The number of benzene rings is 1. The third-order valence-electron chi connectivity index (χ3n) is 1.98. The highest BCUT2D eigenvalue weighted by Gasteiger charge is 2.31. The summed E-state index contributed by atoms with van der Waals surface area (Å²) < 4.78 is 37.7. The van der Waals surface area contributed by atoms with Crippen molar-refractivity contribution in [1.29, 1.82) is 0 Å². The zero-order valence-corrected chi connectivity index (χ0v) is 10.2. The fourth-order valence-corrected chi connectivity index (χ4v) is 1.65. The third-order valence-corrected chi connectivity index (χ3v) is 2.44. The molecule has 0 spiro atoms. The predicted molar refractivity (Wildman–Crippen MR) is 60.7 cm³/mol. The van der Waals surface area contributed by atoms with Crippen LogP contribution in [0.4, 0.5) is 18.9 Å². The smallest absolute Gasteiger partial charge is 0.394 e. The van der Waals surface area contributed by atoms with Gasteiger partial charge in [-0.15, -0.1) is 0 Å². The highest BCUT2D eigenvalue weighted by molar-refractivity contribution is 9.10. The average molecular weight is 314 g/mol. The molecule has 1 rings (SSSR count). The molecule has 0 aromatic heterocycles. The lowest BCUT2D eigenvalue weighted by atomic mass is 10.2. The Labute approximate surface area is 104 Å². The summed E-state index contributed by atoms with van der Waals surface area (Å²) in [5.41, 5.74) is -0.563. The van der Waals surface area contributed by atoms with Gasteiger partial charge in [-0.25, -0.2) is 0 Å². The van der Waals surface area contributed by atoms with Gasteiger partial charge < -0.3 is 15.5 Å². The summed E-state index contributed by atoms with van der Waals surface area (Å²) in [6, 6.07) is 3.36. The van der Waals surface area contributed by atoms with Gasteiger partial charge >= 0.3 is 6.18 Å². The number of aliphatic hydroxyl groups excluding tert-OH is 2. The zero-order chi connectivity index (χ0) is 13.1. The molecule has 0 saturated heterocycles. The summed E-state index contributed by atoms with van der Waals surface area (Å²) in [6.07, 6.45) is -5.43. The number of halogens is 4. The van der Waals surface area contributed by atoms with Crippen molar-refractivity contribution >= 4 is 21.6 Å². The Kier molecular flexibility index (Phi) is 4.79. The first-order valence-electron chi connectivity index (χ1n) is 4.73. The highest BCUT2D eigenvalue weighted by atomic mass is 79.9. The maximum atomic E-state index is 12.5. The molecule has 0 heterocycles. The van der Waals surface area contributed by atoms with Crippen molar-refractivity contribution in [2.45, 2.75) is 12.3 Å². The maximum absolute atomic E-state index is 12.5. The summed E-state index contributed by atoms with van der Waals surface area (Å²) in [4.78, 5) is 0. The van der Waals surface area contributed by atoms with Crippen molar-refractivity contribution in [1.82, 2.24) is 0 Å². The number of rotatable bonds is 4. The van der Waals surface area contributed by atoms with Gasteiger partial charge in [0.2, 0.25) is 0 Å². The minimum absolute atomic E-state index is 0.0236. The molecule has 0 saturated carbocycles. The van der Waals surface area contributed by atoms with Crippen LogP contribution in [0.5, 0.6) is 0 Å². The van der Waals surface area contributed by atoms with Crippen LogP contribution in [-0.4, -0.2) is 29.5 Å². The molecule has 0 aliphatic rings. The SMILES string of the molecule is OC[C@@H](O)CNc1cc(Br)cc(C(F)(F)F)c1. The molecular weight excluding hydrogens is 303 g/mol. The summed E-state index contributed by atoms with van der Waals surface area (Å²) in [7, 11) is 0. The average Bonchev–Trinajstić information content (AvgIpc) is 2.24. The molecule has 3 N–H and O–H groups in total. The third kappa shape index (κ3) is 4.53. The van der Waals surface area contributed by atoms with Crippen LogP contribution < -0.4 is 5.32 Å². The summed E-state index contributed by atoms with van der Waals surface area (Å²) in [5, 5.41) is 20.3. The Morgan fingerprint density at radius 2 is 1.94 bits per heavy atom. The largest absolute Gasteiger partial charge is 0.416 e. The molecule has 0 fully saturated rings. The van der Waals surface area contributed by atoms with Crippen LogP contribution in [-0.2, 0) is 6.18 Å². The first kappa shape index (κ1) is 14.3. The van der Waals surface area contributed by atoms with E-state index < -0.39 is 24.5 Å². The molecule has 1 atom stereocenters. The van der Waals surface area contributed by atoms with Gasteiger partial charge in [-0.05, 0) is 18.2 Å². The van der Waals surface area contributed by atoms with E-state index in [0.29, 0.717) is 0 Å². The number of hydrogen-bond donors (Lipinski definition) is 3. The first-order valence-corrected chi connectivity index (χ1v) is 5.53. The minimum atomic E-state index is -4.42. The Bertz CT molecular complexity index is 384. The van der Waals surface area contributed by atoms with Gasteiger partial charge in [-0.2, -0.15) is 13.2 Å². The topological polar surface area (TPSA) is 52.5 Å². The Hall–Kier alpha value is -0.790. The second-order valence-corrected chi connectivity index (χ2v) is 4.36. The second kappa shape index (κ2) is 5.70. The van der Waals surface area contributed by atoms with Gasteiger partial charge in [0, 0.05) is 16.7 Å². The lowest BCUT2D eigenvalue weighted by molar-refractivity contribution is -0.137. The molecule has 17 heavy (non-hydrogen) atoms. The summed E-state index contributed by atoms with van der Waals surface area (Å²) in [6.45, 7) is -0.475.